The molecule has 0 atom stereocenters. The number of ether oxygens (including phenoxy) is 1. The molecule has 106 valence electrons. The van der Waals surface area contributed by atoms with E-state index in [-0.39, 0.29) is 5.69 Å². The normalized spacial score (nSPS) is 10.6. The molecule has 0 fully saturated rings. The first-order valence-corrected chi connectivity index (χ1v) is 6.36. The first-order chi connectivity index (χ1) is 9.54. The van der Waals surface area contributed by atoms with Crippen LogP contribution in [0, 0.1) is 5.82 Å². The molecular formula is C13H12ClFN2O3. The van der Waals surface area contributed by atoms with E-state index in [0.29, 0.717) is 16.9 Å². The summed E-state index contributed by atoms with van der Waals surface area (Å²) in [5.41, 5.74) is -1.67. The van der Waals surface area contributed by atoms with Crippen molar-refractivity contribution in [1.29, 1.82) is 0 Å². The maximum absolute atomic E-state index is 13.4. The molecule has 0 saturated carbocycles. The molecule has 0 aliphatic rings. The summed E-state index contributed by atoms with van der Waals surface area (Å²) < 4.78 is 19.5. The van der Waals surface area contributed by atoms with Crippen LogP contribution in [0.2, 0.25) is 5.15 Å². The molecule has 2 aromatic rings. The van der Waals surface area contributed by atoms with Gasteiger partial charge in [0.2, 0.25) is 5.82 Å². The lowest BCUT2D eigenvalue weighted by Gasteiger charge is -2.07. The van der Waals surface area contributed by atoms with Crippen LogP contribution in [0.15, 0.2) is 33.9 Å². The van der Waals surface area contributed by atoms with E-state index in [1.165, 1.54) is 12.1 Å². The molecule has 0 radical (unpaired) electrons. The Hall–Kier alpha value is -2.08. The number of aromatic amines is 1. The monoisotopic (exact) mass is 298 g/mol. The van der Waals surface area contributed by atoms with Crippen LogP contribution in [0.1, 0.15) is 13.3 Å². The molecule has 1 aromatic carbocycles. The number of halogens is 2. The Balaban J connectivity index is 2.45. The quantitative estimate of drug-likeness (QED) is 0.879. The van der Waals surface area contributed by atoms with Crippen LogP contribution in [0.3, 0.4) is 0 Å². The Morgan fingerprint density at radius 3 is 2.55 bits per heavy atom. The fourth-order valence-electron chi connectivity index (χ4n) is 1.63. The topological polar surface area (TPSA) is 64.1 Å². The van der Waals surface area contributed by atoms with Crippen LogP contribution < -0.4 is 16.0 Å². The second-order valence-electron chi connectivity index (χ2n) is 4.04. The third kappa shape index (κ3) is 2.75. The van der Waals surface area contributed by atoms with Gasteiger partial charge < -0.3 is 4.74 Å². The lowest BCUT2D eigenvalue weighted by atomic mass is 10.3. The Morgan fingerprint density at radius 2 is 1.95 bits per heavy atom. The molecule has 0 aliphatic carbocycles. The SMILES string of the molecule is CCCOc1ccc(-n2c(=O)[nH]c(Cl)c(F)c2=O)cc1. The molecule has 1 aromatic heterocycles. The van der Waals surface area contributed by atoms with Gasteiger partial charge in [-0.1, -0.05) is 18.5 Å². The minimum absolute atomic E-state index is 0.232. The number of hydrogen-bond acceptors (Lipinski definition) is 3. The Kier molecular flexibility index (Phi) is 4.24. The summed E-state index contributed by atoms with van der Waals surface area (Å²) in [6.45, 7) is 2.54. The Morgan fingerprint density at radius 1 is 1.30 bits per heavy atom. The van der Waals surface area contributed by atoms with Gasteiger partial charge in [-0.3, -0.25) is 9.78 Å². The molecule has 0 bridgehead atoms. The van der Waals surface area contributed by atoms with Gasteiger partial charge in [-0.05, 0) is 30.7 Å². The van der Waals surface area contributed by atoms with E-state index in [0.717, 1.165) is 6.42 Å². The molecule has 0 aliphatic heterocycles. The summed E-state index contributed by atoms with van der Waals surface area (Å²) in [5, 5.41) is -0.598. The highest BCUT2D eigenvalue weighted by molar-refractivity contribution is 6.29. The van der Waals surface area contributed by atoms with E-state index in [4.69, 9.17) is 16.3 Å². The van der Waals surface area contributed by atoms with Crippen LogP contribution in [0.5, 0.6) is 5.75 Å². The molecule has 5 nitrogen and oxygen atoms in total. The highest BCUT2D eigenvalue weighted by atomic mass is 35.5. The highest BCUT2D eigenvalue weighted by Crippen LogP contribution is 2.14. The van der Waals surface area contributed by atoms with Gasteiger partial charge in [0, 0.05) is 0 Å². The second-order valence-corrected chi connectivity index (χ2v) is 4.42. The predicted molar refractivity (Wildman–Crippen MR) is 73.4 cm³/mol. The minimum atomic E-state index is -1.20. The first-order valence-electron chi connectivity index (χ1n) is 5.98. The Labute approximate surface area is 118 Å². The van der Waals surface area contributed by atoms with E-state index in [1.807, 2.05) is 6.92 Å². The maximum Gasteiger partial charge on any atom is 0.334 e. The van der Waals surface area contributed by atoms with Crippen molar-refractivity contribution >= 4 is 11.6 Å². The smallest absolute Gasteiger partial charge is 0.334 e. The van der Waals surface area contributed by atoms with Crippen LogP contribution in [-0.4, -0.2) is 16.2 Å². The second kappa shape index (κ2) is 5.92. The number of nitrogens with zero attached hydrogens (tertiary/aromatic N) is 1. The lowest BCUT2D eigenvalue weighted by Crippen LogP contribution is -2.35. The molecule has 0 unspecified atom stereocenters. The summed E-state index contributed by atoms with van der Waals surface area (Å²) in [5.74, 6) is -0.591. The molecule has 1 heterocycles. The van der Waals surface area contributed by atoms with Crippen molar-refractivity contribution < 1.29 is 9.13 Å². The fraction of sp³-hybridized carbons (Fsp3) is 0.231. The maximum atomic E-state index is 13.4. The summed E-state index contributed by atoms with van der Waals surface area (Å²) in [7, 11) is 0. The largest absolute Gasteiger partial charge is 0.494 e. The van der Waals surface area contributed by atoms with Gasteiger partial charge in [0.15, 0.2) is 5.15 Å². The number of H-pyrrole nitrogens is 1. The average Bonchev–Trinajstić information content (AvgIpc) is 2.44. The van der Waals surface area contributed by atoms with Crippen molar-refractivity contribution in [3.8, 4) is 11.4 Å². The van der Waals surface area contributed by atoms with Gasteiger partial charge >= 0.3 is 5.69 Å². The van der Waals surface area contributed by atoms with E-state index in [1.54, 1.807) is 12.1 Å². The summed E-state index contributed by atoms with van der Waals surface area (Å²) >= 11 is 5.40. The fourth-order valence-corrected chi connectivity index (χ4v) is 1.80. The van der Waals surface area contributed by atoms with Gasteiger partial charge in [-0.15, -0.1) is 0 Å². The van der Waals surface area contributed by atoms with Crippen LogP contribution in [-0.2, 0) is 0 Å². The number of rotatable bonds is 4. The molecule has 0 saturated heterocycles. The number of benzene rings is 1. The van der Waals surface area contributed by atoms with Crippen molar-refractivity contribution in [2.75, 3.05) is 6.61 Å². The van der Waals surface area contributed by atoms with Crippen LogP contribution in [0.25, 0.3) is 5.69 Å². The van der Waals surface area contributed by atoms with Gasteiger partial charge in [0.25, 0.3) is 5.56 Å². The third-order valence-corrected chi connectivity index (χ3v) is 2.83. The zero-order chi connectivity index (χ0) is 14.7. The van der Waals surface area contributed by atoms with Crippen molar-refractivity contribution in [2.24, 2.45) is 0 Å². The summed E-state index contributed by atoms with van der Waals surface area (Å²) in [4.78, 5) is 25.5. The van der Waals surface area contributed by atoms with E-state index in [2.05, 4.69) is 4.98 Å². The molecule has 20 heavy (non-hydrogen) atoms. The van der Waals surface area contributed by atoms with Crippen molar-refractivity contribution in [3.63, 3.8) is 0 Å². The van der Waals surface area contributed by atoms with Crippen molar-refractivity contribution in [1.82, 2.24) is 9.55 Å². The molecule has 0 amide bonds. The third-order valence-electron chi connectivity index (χ3n) is 2.57. The Bertz CT molecular complexity index is 722. The van der Waals surface area contributed by atoms with Gasteiger partial charge in [-0.25, -0.2) is 9.36 Å². The van der Waals surface area contributed by atoms with Gasteiger partial charge in [-0.2, -0.15) is 4.39 Å². The molecule has 1 N–H and O–H groups in total. The van der Waals surface area contributed by atoms with Gasteiger partial charge in [0.1, 0.15) is 5.75 Å². The standard InChI is InChI=1S/C13H12ClFN2O3/c1-2-7-20-9-5-3-8(4-6-9)17-12(18)10(15)11(14)16-13(17)19/h3-6H,2,7H2,1H3,(H,16,19). The predicted octanol–water partition coefficient (Wildman–Crippen LogP) is 2.11. The van der Waals surface area contributed by atoms with E-state index < -0.39 is 22.2 Å². The first kappa shape index (κ1) is 14.3. The molecule has 7 heteroatoms. The lowest BCUT2D eigenvalue weighted by molar-refractivity contribution is 0.317. The zero-order valence-electron chi connectivity index (χ0n) is 10.7. The minimum Gasteiger partial charge on any atom is -0.494 e. The van der Waals surface area contributed by atoms with Crippen LogP contribution >= 0.6 is 11.6 Å². The molecule has 0 spiro atoms. The van der Waals surface area contributed by atoms with E-state index >= 15 is 0 Å². The highest BCUT2D eigenvalue weighted by Gasteiger charge is 2.13. The number of aromatic nitrogens is 2. The van der Waals surface area contributed by atoms with Crippen molar-refractivity contribution in [2.45, 2.75) is 13.3 Å². The van der Waals surface area contributed by atoms with Crippen molar-refractivity contribution in [3.05, 3.63) is 56.1 Å². The molecule has 2 rings (SSSR count). The number of nitrogens with one attached hydrogen (secondary N) is 1. The summed E-state index contributed by atoms with van der Waals surface area (Å²) in [6, 6.07) is 6.19. The number of hydrogen-bond donors (Lipinski definition) is 1. The van der Waals surface area contributed by atoms with Gasteiger partial charge in [0.05, 0.1) is 12.3 Å². The molecular weight excluding hydrogens is 287 g/mol. The zero-order valence-corrected chi connectivity index (χ0v) is 11.4. The van der Waals surface area contributed by atoms with Crippen LogP contribution in [0.4, 0.5) is 4.39 Å². The van der Waals surface area contributed by atoms with E-state index in [9.17, 15) is 14.0 Å². The average molecular weight is 299 g/mol. The summed E-state index contributed by atoms with van der Waals surface area (Å²) in [6.07, 6.45) is 0.864.